The van der Waals surface area contributed by atoms with Crippen molar-refractivity contribution in [1.82, 2.24) is 5.32 Å². The number of nitrogens with one attached hydrogen (secondary N) is 1. The molecule has 104 valence electrons. The molecule has 0 saturated heterocycles. The van der Waals surface area contributed by atoms with Gasteiger partial charge in [0.25, 0.3) is 0 Å². The Balaban J connectivity index is 2.73. The van der Waals surface area contributed by atoms with E-state index in [1.54, 1.807) is 0 Å². The van der Waals surface area contributed by atoms with Gasteiger partial charge in [-0.1, -0.05) is 19.1 Å². The summed E-state index contributed by atoms with van der Waals surface area (Å²) in [5, 5.41) is 3.61. The van der Waals surface area contributed by atoms with Crippen LogP contribution in [0.4, 0.5) is 5.69 Å². The third-order valence-electron chi connectivity index (χ3n) is 3.19. The zero-order valence-electron chi connectivity index (χ0n) is 12.7. The lowest BCUT2D eigenvalue weighted by Crippen LogP contribution is -2.22. The lowest BCUT2D eigenvalue weighted by Gasteiger charge is -2.19. The fourth-order valence-corrected chi connectivity index (χ4v) is 2.05. The summed E-state index contributed by atoms with van der Waals surface area (Å²) in [7, 11) is 4.14. The van der Waals surface area contributed by atoms with Gasteiger partial charge in [-0.25, -0.2) is 0 Å². The molecule has 0 heterocycles. The van der Waals surface area contributed by atoms with Crippen molar-refractivity contribution in [3.05, 3.63) is 29.8 Å². The van der Waals surface area contributed by atoms with Crippen LogP contribution in [0.15, 0.2) is 24.3 Å². The molecular formula is C17H26N2. The van der Waals surface area contributed by atoms with Crippen molar-refractivity contribution in [2.24, 2.45) is 0 Å². The summed E-state index contributed by atoms with van der Waals surface area (Å²) in [5.41, 5.74) is 2.60. The average Bonchev–Trinajstić information content (AvgIpc) is 2.43. The van der Waals surface area contributed by atoms with Gasteiger partial charge in [-0.15, -0.1) is 11.8 Å². The molecule has 0 fully saturated rings. The van der Waals surface area contributed by atoms with Gasteiger partial charge < -0.3 is 10.2 Å². The Bertz CT molecular complexity index is 409. The van der Waals surface area contributed by atoms with Gasteiger partial charge in [0.2, 0.25) is 0 Å². The van der Waals surface area contributed by atoms with Crippen molar-refractivity contribution < 1.29 is 0 Å². The van der Waals surface area contributed by atoms with E-state index in [1.807, 2.05) is 6.92 Å². The smallest absolute Gasteiger partial charge is 0.0361 e. The number of benzene rings is 1. The molecule has 19 heavy (non-hydrogen) atoms. The van der Waals surface area contributed by atoms with Gasteiger partial charge in [0.15, 0.2) is 0 Å². The Hall–Kier alpha value is -1.46. The van der Waals surface area contributed by atoms with Crippen LogP contribution in [-0.2, 0) is 0 Å². The van der Waals surface area contributed by atoms with E-state index in [0.29, 0.717) is 6.04 Å². The van der Waals surface area contributed by atoms with Crippen molar-refractivity contribution in [1.29, 1.82) is 0 Å². The molecule has 0 amide bonds. The van der Waals surface area contributed by atoms with Crippen molar-refractivity contribution in [2.45, 2.75) is 39.2 Å². The fraction of sp³-hybridized carbons (Fsp3) is 0.529. The number of anilines is 1. The minimum atomic E-state index is 0.414. The van der Waals surface area contributed by atoms with Crippen molar-refractivity contribution in [3.8, 4) is 11.8 Å². The third-order valence-corrected chi connectivity index (χ3v) is 3.19. The molecule has 0 aliphatic carbocycles. The van der Waals surface area contributed by atoms with Crippen molar-refractivity contribution in [2.75, 3.05) is 25.5 Å². The molecule has 0 aliphatic heterocycles. The van der Waals surface area contributed by atoms with Crippen molar-refractivity contribution >= 4 is 5.69 Å². The predicted octanol–water partition coefficient (Wildman–Crippen LogP) is 3.60. The number of hydrogen-bond acceptors (Lipinski definition) is 2. The van der Waals surface area contributed by atoms with Crippen LogP contribution in [0.5, 0.6) is 0 Å². The fourth-order valence-electron chi connectivity index (χ4n) is 2.05. The second kappa shape index (κ2) is 8.61. The van der Waals surface area contributed by atoms with Crippen LogP contribution in [0.25, 0.3) is 0 Å². The predicted molar refractivity (Wildman–Crippen MR) is 84.5 cm³/mol. The summed E-state index contributed by atoms with van der Waals surface area (Å²) in [6.07, 6.45) is 3.18. The van der Waals surface area contributed by atoms with E-state index in [1.165, 1.54) is 11.3 Å². The summed E-state index contributed by atoms with van der Waals surface area (Å²) in [4.78, 5) is 2.13. The van der Waals surface area contributed by atoms with Gasteiger partial charge >= 0.3 is 0 Å². The minimum Gasteiger partial charge on any atom is -0.378 e. The third kappa shape index (κ3) is 5.36. The molecule has 0 aromatic heterocycles. The SMILES string of the molecule is CC#CCCC(NCCC)c1ccc(N(C)C)cc1. The number of rotatable bonds is 7. The molecule has 1 aromatic rings. The highest BCUT2D eigenvalue weighted by molar-refractivity contribution is 5.46. The Morgan fingerprint density at radius 2 is 1.89 bits per heavy atom. The summed E-state index contributed by atoms with van der Waals surface area (Å²) >= 11 is 0. The standard InChI is InChI=1S/C17H26N2/c1-5-7-8-9-17(18-14-6-2)15-10-12-16(13-11-15)19(3)4/h10-13,17-18H,6,8-9,14H2,1-4H3. The zero-order chi connectivity index (χ0) is 14.1. The highest BCUT2D eigenvalue weighted by Crippen LogP contribution is 2.21. The molecule has 2 heteroatoms. The van der Waals surface area contributed by atoms with Crippen LogP contribution in [0.3, 0.4) is 0 Å². The molecule has 1 unspecified atom stereocenters. The van der Waals surface area contributed by atoms with Crippen molar-refractivity contribution in [3.63, 3.8) is 0 Å². The maximum Gasteiger partial charge on any atom is 0.0361 e. The van der Waals surface area contributed by atoms with Crippen LogP contribution in [0, 0.1) is 11.8 Å². The molecule has 0 radical (unpaired) electrons. The van der Waals surface area contributed by atoms with E-state index in [0.717, 1.165) is 25.8 Å². The topological polar surface area (TPSA) is 15.3 Å². The highest BCUT2D eigenvalue weighted by Gasteiger charge is 2.09. The quantitative estimate of drug-likeness (QED) is 0.752. The Morgan fingerprint density at radius 1 is 1.21 bits per heavy atom. The lowest BCUT2D eigenvalue weighted by atomic mass is 10.0. The molecule has 1 aromatic carbocycles. The van der Waals surface area contributed by atoms with Crippen LogP contribution >= 0.6 is 0 Å². The van der Waals surface area contributed by atoms with Crippen LogP contribution in [-0.4, -0.2) is 20.6 Å². The normalized spacial score (nSPS) is 11.6. The Kier molecular flexibility index (Phi) is 7.07. The van der Waals surface area contributed by atoms with E-state index >= 15 is 0 Å². The molecule has 1 N–H and O–H groups in total. The summed E-state index contributed by atoms with van der Waals surface area (Å²) in [5.74, 6) is 6.13. The van der Waals surface area contributed by atoms with Gasteiger partial charge in [0.05, 0.1) is 0 Å². The van der Waals surface area contributed by atoms with Crippen LogP contribution < -0.4 is 10.2 Å². The van der Waals surface area contributed by atoms with E-state index in [2.05, 4.69) is 67.3 Å². The van der Waals surface area contributed by atoms with Gasteiger partial charge in [0, 0.05) is 32.2 Å². The van der Waals surface area contributed by atoms with E-state index in [-0.39, 0.29) is 0 Å². The molecule has 1 atom stereocenters. The maximum absolute atomic E-state index is 3.61. The first kappa shape index (κ1) is 15.6. The van der Waals surface area contributed by atoms with E-state index in [9.17, 15) is 0 Å². The Labute approximate surface area is 118 Å². The number of hydrogen-bond donors (Lipinski definition) is 1. The molecule has 0 saturated carbocycles. The maximum atomic E-state index is 3.61. The zero-order valence-corrected chi connectivity index (χ0v) is 12.7. The first-order valence-electron chi connectivity index (χ1n) is 7.09. The first-order valence-corrected chi connectivity index (χ1v) is 7.09. The first-order chi connectivity index (χ1) is 9.19. The second-order valence-corrected chi connectivity index (χ2v) is 4.96. The van der Waals surface area contributed by atoms with E-state index in [4.69, 9.17) is 0 Å². The molecule has 0 bridgehead atoms. The minimum absolute atomic E-state index is 0.414. The van der Waals surface area contributed by atoms with Gasteiger partial charge in [-0.2, -0.15) is 0 Å². The average molecular weight is 258 g/mol. The largest absolute Gasteiger partial charge is 0.378 e. The summed E-state index contributed by atoms with van der Waals surface area (Å²) in [6.45, 7) is 5.16. The highest BCUT2D eigenvalue weighted by atomic mass is 15.1. The van der Waals surface area contributed by atoms with Gasteiger partial charge in [-0.05, 0) is 44.0 Å². The summed E-state index contributed by atoms with van der Waals surface area (Å²) in [6, 6.07) is 9.23. The van der Waals surface area contributed by atoms with E-state index < -0.39 is 0 Å². The molecule has 0 aliphatic rings. The molecule has 0 spiro atoms. The van der Waals surface area contributed by atoms with Crippen LogP contribution in [0.1, 0.15) is 44.7 Å². The number of nitrogens with zero attached hydrogens (tertiary/aromatic N) is 1. The molecule has 2 nitrogen and oxygen atoms in total. The van der Waals surface area contributed by atoms with Crippen LogP contribution in [0.2, 0.25) is 0 Å². The second-order valence-electron chi connectivity index (χ2n) is 4.96. The monoisotopic (exact) mass is 258 g/mol. The Morgan fingerprint density at radius 3 is 2.42 bits per heavy atom. The molecule has 1 rings (SSSR count). The lowest BCUT2D eigenvalue weighted by molar-refractivity contribution is 0.505. The summed E-state index contributed by atoms with van der Waals surface area (Å²) < 4.78 is 0. The van der Waals surface area contributed by atoms with Gasteiger partial charge in [-0.3, -0.25) is 0 Å². The molecular weight excluding hydrogens is 232 g/mol. The van der Waals surface area contributed by atoms with Gasteiger partial charge in [0.1, 0.15) is 0 Å².